The van der Waals surface area contributed by atoms with Crippen molar-refractivity contribution in [3.8, 4) is 11.4 Å². The fourth-order valence-corrected chi connectivity index (χ4v) is 5.24. The van der Waals surface area contributed by atoms with Crippen LogP contribution in [-0.4, -0.2) is 41.7 Å². The number of nitrogens with zero attached hydrogens (tertiary/aromatic N) is 3. The summed E-state index contributed by atoms with van der Waals surface area (Å²) >= 11 is 0. The molecule has 1 aromatic heterocycles. The molecule has 2 aromatic carbocycles. The molecule has 0 aliphatic carbocycles. The van der Waals surface area contributed by atoms with Crippen LogP contribution in [0.15, 0.2) is 57.9 Å². The van der Waals surface area contributed by atoms with Gasteiger partial charge in [0.1, 0.15) is 0 Å². The lowest BCUT2D eigenvalue weighted by molar-refractivity contribution is -0.137. The highest BCUT2D eigenvalue weighted by atomic mass is 32.2. The van der Waals surface area contributed by atoms with Crippen LogP contribution in [0.2, 0.25) is 0 Å². The van der Waals surface area contributed by atoms with E-state index in [2.05, 4.69) is 10.1 Å². The fraction of sp³-hybridized carbons (Fsp3) is 0.318. The summed E-state index contributed by atoms with van der Waals surface area (Å²) in [7, 11) is -3.77. The number of Topliss-reactive ketones (excluding diaryl/α,β-unsaturated/α-hetero) is 1. The zero-order valence-electron chi connectivity index (χ0n) is 17.5. The molecule has 0 spiro atoms. The van der Waals surface area contributed by atoms with Crippen molar-refractivity contribution in [2.45, 2.75) is 36.8 Å². The number of hydrogen-bond acceptors (Lipinski definition) is 6. The second kappa shape index (κ2) is 8.71. The van der Waals surface area contributed by atoms with Crippen LogP contribution in [0.4, 0.5) is 13.2 Å². The van der Waals surface area contributed by atoms with Crippen LogP contribution < -0.4 is 0 Å². The minimum absolute atomic E-state index is 0.0483. The first-order valence-corrected chi connectivity index (χ1v) is 11.6. The Hall–Kier alpha value is -3.05. The maximum Gasteiger partial charge on any atom is 0.416 e. The summed E-state index contributed by atoms with van der Waals surface area (Å²) in [5, 5.41) is 3.81. The van der Waals surface area contributed by atoms with E-state index >= 15 is 0 Å². The minimum atomic E-state index is -4.48. The van der Waals surface area contributed by atoms with Gasteiger partial charge in [0, 0.05) is 30.1 Å². The zero-order valence-corrected chi connectivity index (χ0v) is 18.4. The van der Waals surface area contributed by atoms with Gasteiger partial charge in [-0.15, -0.1) is 0 Å². The molecule has 174 valence electrons. The Morgan fingerprint density at radius 3 is 2.45 bits per heavy atom. The smallest absolute Gasteiger partial charge is 0.339 e. The van der Waals surface area contributed by atoms with E-state index in [-0.39, 0.29) is 47.0 Å². The van der Waals surface area contributed by atoms with Gasteiger partial charge < -0.3 is 4.52 Å². The number of hydrogen-bond donors (Lipinski definition) is 0. The normalized spacial score (nSPS) is 16.1. The number of sulfonamides is 1. The number of rotatable bonds is 5. The highest BCUT2D eigenvalue weighted by Crippen LogP contribution is 2.33. The van der Waals surface area contributed by atoms with Gasteiger partial charge in [0.25, 0.3) is 0 Å². The van der Waals surface area contributed by atoms with Gasteiger partial charge in [-0.05, 0) is 44.0 Å². The summed E-state index contributed by atoms with van der Waals surface area (Å²) in [4.78, 5) is 15.9. The molecule has 0 radical (unpaired) electrons. The Morgan fingerprint density at radius 2 is 1.79 bits per heavy atom. The monoisotopic (exact) mass is 479 g/mol. The second-order valence-electron chi connectivity index (χ2n) is 7.80. The van der Waals surface area contributed by atoms with E-state index in [1.165, 1.54) is 41.6 Å². The van der Waals surface area contributed by atoms with E-state index in [4.69, 9.17) is 4.52 Å². The molecule has 0 amide bonds. The van der Waals surface area contributed by atoms with E-state index in [9.17, 15) is 26.4 Å². The van der Waals surface area contributed by atoms with Crippen LogP contribution in [0.3, 0.4) is 0 Å². The molecule has 0 unspecified atom stereocenters. The van der Waals surface area contributed by atoms with Crippen molar-refractivity contribution >= 4 is 15.8 Å². The van der Waals surface area contributed by atoms with Crippen LogP contribution in [0.1, 0.15) is 47.5 Å². The fourth-order valence-electron chi connectivity index (χ4n) is 3.72. The van der Waals surface area contributed by atoms with Gasteiger partial charge in [0.15, 0.2) is 5.78 Å². The summed E-state index contributed by atoms with van der Waals surface area (Å²) in [6.45, 7) is 1.78. The number of halogens is 3. The lowest BCUT2D eigenvalue weighted by Gasteiger charge is -2.29. The molecule has 0 saturated carbocycles. The molecule has 2 heterocycles. The quantitative estimate of drug-likeness (QED) is 0.500. The molecule has 0 N–H and O–H groups in total. The molecule has 33 heavy (non-hydrogen) atoms. The Morgan fingerprint density at radius 1 is 1.09 bits per heavy atom. The molecule has 3 aromatic rings. The molecule has 7 nitrogen and oxygen atoms in total. The number of piperidine rings is 1. The van der Waals surface area contributed by atoms with Crippen LogP contribution in [0, 0.1) is 0 Å². The molecule has 11 heteroatoms. The average Bonchev–Trinajstić information content (AvgIpc) is 3.29. The van der Waals surface area contributed by atoms with Crippen molar-refractivity contribution in [2.75, 3.05) is 13.1 Å². The third-order valence-corrected chi connectivity index (χ3v) is 7.47. The molecule has 4 rings (SSSR count). The molecule has 0 atom stereocenters. The first kappa shape index (κ1) is 23.1. The summed E-state index contributed by atoms with van der Waals surface area (Å²) in [5.74, 6) is -0.129. The molecule has 1 aliphatic heterocycles. The lowest BCUT2D eigenvalue weighted by Crippen LogP contribution is -2.38. The molecule has 1 saturated heterocycles. The maximum atomic E-state index is 13.0. The van der Waals surface area contributed by atoms with Gasteiger partial charge in [-0.1, -0.05) is 29.4 Å². The first-order valence-electron chi connectivity index (χ1n) is 10.2. The molecular formula is C22H20F3N3O4S. The van der Waals surface area contributed by atoms with Crippen molar-refractivity contribution < 1.29 is 30.9 Å². The highest BCUT2D eigenvalue weighted by molar-refractivity contribution is 7.89. The molecule has 1 aliphatic rings. The third kappa shape index (κ3) is 4.83. The van der Waals surface area contributed by atoms with Crippen molar-refractivity contribution in [2.24, 2.45) is 0 Å². The summed E-state index contributed by atoms with van der Waals surface area (Å²) in [6, 6.07) is 10.6. The highest BCUT2D eigenvalue weighted by Gasteiger charge is 2.33. The van der Waals surface area contributed by atoms with Gasteiger partial charge in [0.2, 0.25) is 21.7 Å². The van der Waals surface area contributed by atoms with E-state index in [1.807, 2.05) is 0 Å². The van der Waals surface area contributed by atoms with Crippen LogP contribution in [0.25, 0.3) is 11.4 Å². The van der Waals surface area contributed by atoms with Crippen LogP contribution in [-0.2, 0) is 16.2 Å². The Labute approximate surface area is 188 Å². The van der Waals surface area contributed by atoms with Crippen LogP contribution in [0.5, 0.6) is 0 Å². The van der Waals surface area contributed by atoms with Crippen molar-refractivity contribution in [1.82, 2.24) is 14.4 Å². The summed E-state index contributed by atoms with van der Waals surface area (Å²) in [5.41, 5.74) is -0.303. The molecular weight excluding hydrogens is 459 g/mol. The average molecular weight is 479 g/mol. The SMILES string of the molecule is CC(=O)c1cccc(S(=O)(=O)N2CCC(c3nc(-c4cccc(C(F)(F)F)c4)no3)CC2)c1. The topological polar surface area (TPSA) is 93.4 Å². The number of aromatic nitrogens is 2. The minimum Gasteiger partial charge on any atom is -0.339 e. The number of benzene rings is 2. The Bertz CT molecular complexity index is 1280. The predicted molar refractivity (Wildman–Crippen MR) is 112 cm³/mol. The Balaban J connectivity index is 1.46. The standard InChI is InChI=1S/C22H20F3N3O4S/c1-14(29)16-4-3-7-19(13-16)33(30,31)28-10-8-15(9-11-28)21-26-20(27-32-21)17-5-2-6-18(12-17)22(23,24)25/h2-7,12-13,15H,8-11H2,1H3. The van der Waals surface area contributed by atoms with Gasteiger partial charge in [-0.25, -0.2) is 8.42 Å². The second-order valence-corrected chi connectivity index (χ2v) is 9.74. The van der Waals surface area contributed by atoms with Crippen LogP contribution >= 0.6 is 0 Å². The maximum absolute atomic E-state index is 13.0. The number of ketones is 1. The zero-order chi connectivity index (χ0) is 23.8. The van der Waals surface area contributed by atoms with E-state index in [0.717, 1.165) is 12.1 Å². The van der Waals surface area contributed by atoms with Gasteiger partial charge >= 0.3 is 6.18 Å². The number of alkyl halides is 3. The number of carbonyl (C=O) groups excluding carboxylic acids is 1. The Kier molecular flexibility index (Phi) is 6.10. The van der Waals surface area contributed by atoms with E-state index < -0.39 is 21.8 Å². The first-order chi connectivity index (χ1) is 15.6. The summed E-state index contributed by atoms with van der Waals surface area (Å²) < 4.78 is 71.5. The van der Waals surface area contributed by atoms with Gasteiger partial charge in [-0.2, -0.15) is 22.5 Å². The third-order valence-electron chi connectivity index (χ3n) is 5.57. The van der Waals surface area contributed by atoms with Crippen molar-refractivity contribution in [3.63, 3.8) is 0 Å². The lowest BCUT2D eigenvalue weighted by atomic mass is 9.98. The van der Waals surface area contributed by atoms with E-state index in [1.54, 1.807) is 6.07 Å². The number of carbonyl (C=O) groups is 1. The van der Waals surface area contributed by atoms with E-state index in [0.29, 0.717) is 18.4 Å². The van der Waals surface area contributed by atoms with Gasteiger partial charge in [0.05, 0.1) is 10.5 Å². The van der Waals surface area contributed by atoms with Crippen molar-refractivity contribution in [1.29, 1.82) is 0 Å². The van der Waals surface area contributed by atoms with Crippen molar-refractivity contribution in [3.05, 3.63) is 65.5 Å². The van der Waals surface area contributed by atoms with Gasteiger partial charge in [-0.3, -0.25) is 4.79 Å². The largest absolute Gasteiger partial charge is 0.416 e. The summed E-state index contributed by atoms with van der Waals surface area (Å²) in [6.07, 6.45) is -3.66. The predicted octanol–water partition coefficient (Wildman–Crippen LogP) is 4.53. The molecule has 0 bridgehead atoms. The molecule has 1 fully saturated rings.